The quantitative estimate of drug-likeness (QED) is 0.655. The van der Waals surface area contributed by atoms with Crippen molar-refractivity contribution in [2.75, 3.05) is 38.0 Å². The van der Waals surface area contributed by atoms with Crippen molar-refractivity contribution in [1.29, 1.82) is 0 Å². The van der Waals surface area contributed by atoms with E-state index in [2.05, 4.69) is 16.5 Å². The topological polar surface area (TPSA) is 55.8 Å². The molecule has 0 spiro atoms. The molecule has 2 aromatic rings. The minimum Gasteiger partial charge on any atom is -0.321 e. The maximum atomic E-state index is 12.5. The predicted octanol–water partition coefficient (Wildman–Crippen LogP) is 0.635. The summed E-state index contributed by atoms with van der Waals surface area (Å²) < 4.78 is 2.87. The zero-order chi connectivity index (χ0) is 18.6. The van der Waals surface area contributed by atoms with Gasteiger partial charge >= 0.3 is 0 Å². The van der Waals surface area contributed by atoms with Crippen LogP contribution in [0.5, 0.6) is 0 Å². The number of aromatic nitrogens is 2. The first-order chi connectivity index (χ1) is 13.2. The highest BCUT2D eigenvalue weighted by atomic mass is 35.5. The highest BCUT2D eigenvalue weighted by Crippen LogP contribution is 2.31. The second-order valence-electron chi connectivity index (χ2n) is 7.71. The molecule has 0 unspecified atom stereocenters. The van der Waals surface area contributed by atoms with Crippen LogP contribution in [0, 0.1) is 0 Å². The van der Waals surface area contributed by atoms with E-state index in [1.165, 1.54) is 22.6 Å². The number of hydrogen-bond donors (Lipinski definition) is 3. The van der Waals surface area contributed by atoms with E-state index in [9.17, 15) is 4.79 Å². The van der Waals surface area contributed by atoms with Crippen LogP contribution in [0.1, 0.15) is 36.6 Å². The molecular weight excluding hydrogens is 382 g/mol. The van der Waals surface area contributed by atoms with Crippen molar-refractivity contribution in [2.45, 2.75) is 38.3 Å². The first-order valence-corrected chi connectivity index (χ1v) is 11.1. The fourth-order valence-corrected chi connectivity index (χ4v) is 5.43. The first kappa shape index (κ1) is 18.9. The molecule has 3 N–H and O–H groups in total. The zero-order valence-electron chi connectivity index (χ0n) is 15.5. The Morgan fingerprint density at radius 2 is 1.93 bits per heavy atom. The average Bonchev–Trinajstić information content (AvgIpc) is 3.39. The van der Waals surface area contributed by atoms with Gasteiger partial charge in [-0.05, 0) is 25.0 Å². The second kappa shape index (κ2) is 8.73. The SMILES string of the molecule is O=C(C[NH+]1CC[NH+](Cc2ccc(Cl)s2)CC1)Nc1ccnn1C1CCCC1. The van der Waals surface area contributed by atoms with Crippen LogP contribution >= 0.6 is 22.9 Å². The van der Waals surface area contributed by atoms with Crippen LogP contribution in [-0.2, 0) is 11.3 Å². The molecule has 0 radical (unpaired) electrons. The van der Waals surface area contributed by atoms with Gasteiger partial charge in [-0.25, -0.2) is 4.68 Å². The molecule has 1 amide bonds. The Kier molecular flexibility index (Phi) is 6.12. The van der Waals surface area contributed by atoms with Crippen LogP contribution in [0.15, 0.2) is 24.4 Å². The summed E-state index contributed by atoms with van der Waals surface area (Å²) >= 11 is 7.70. The number of halogens is 1. The molecule has 0 atom stereocenters. The van der Waals surface area contributed by atoms with Crippen LogP contribution in [0.25, 0.3) is 0 Å². The third kappa shape index (κ3) is 4.90. The molecule has 0 aromatic carbocycles. The molecule has 2 fully saturated rings. The smallest absolute Gasteiger partial charge is 0.280 e. The summed E-state index contributed by atoms with van der Waals surface area (Å²) in [6.07, 6.45) is 6.63. The molecule has 27 heavy (non-hydrogen) atoms. The Morgan fingerprint density at radius 3 is 2.63 bits per heavy atom. The molecule has 2 aromatic heterocycles. The molecule has 146 valence electrons. The van der Waals surface area contributed by atoms with Crippen molar-refractivity contribution in [3.8, 4) is 0 Å². The van der Waals surface area contributed by atoms with Crippen molar-refractivity contribution in [1.82, 2.24) is 9.78 Å². The van der Waals surface area contributed by atoms with E-state index in [1.807, 2.05) is 16.8 Å². The lowest BCUT2D eigenvalue weighted by molar-refractivity contribution is -1.01. The maximum absolute atomic E-state index is 12.5. The number of hydrogen-bond acceptors (Lipinski definition) is 3. The minimum absolute atomic E-state index is 0.0956. The number of thiophene rings is 1. The van der Waals surface area contributed by atoms with Gasteiger partial charge < -0.3 is 15.1 Å². The molecule has 1 aliphatic carbocycles. The predicted molar refractivity (Wildman–Crippen MR) is 108 cm³/mol. The summed E-state index contributed by atoms with van der Waals surface area (Å²) in [7, 11) is 0. The number of anilines is 1. The fraction of sp³-hybridized carbons (Fsp3) is 0.579. The second-order valence-corrected chi connectivity index (χ2v) is 9.51. The van der Waals surface area contributed by atoms with Gasteiger partial charge in [-0.15, -0.1) is 11.3 Å². The Balaban J connectivity index is 1.23. The number of piperazine rings is 1. The molecule has 2 aliphatic rings. The van der Waals surface area contributed by atoms with Crippen LogP contribution < -0.4 is 15.1 Å². The monoisotopic (exact) mass is 409 g/mol. The Bertz CT molecular complexity index is 762. The van der Waals surface area contributed by atoms with E-state index >= 15 is 0 Å². The molecule has 1 aliphatic heterocycles. The van der Waals surface area contributed by atoms with Crippen molar-refractivity contribution in [3.63, 3.8) is 0 Å². The van der Waals surface area contributed by atoms with Crippen LogP contribution in [0.2, 0.25) is 4.34 Å². The van der Waals surface area contributed by atoms with Crippen molar-refractivity contribution in [2.24, 2.45) is 0 Å². The summed E-state index contributed by atoms with van der Waals surface area (Å²) in [6, 6.07) is 6.46. The molecule has 1 saturated carbocycles. The molecule has 0 bridgehead atoms. The summed E-state index contributed by atoms with van der Waals surface area (Å²) in [5.74, 6) is 0.948. The standard InChI is InChI=1S/C19H26ClN5OS/c20-17-6-5-16(27-17)13-23-9-11-24(12-10-23)14-19(26)22-18-7-8-21-25(18)15-3-1-2-4-15/h5-8,15H,1-4,9-14H2,(H,22,26)/p+2. The van der Waals surface area contributed by atoms with Gasteiger partial charge in [0.15, 0.2) is 6.54 Å². The average molecular weight is 410 g/mol. The third-order valence-electron chi connectivity index (χ3n) is 5.74. The van der Waals surface area contributed by atoms with Gasteiger partial charge in [0.1, 0.15) is 38.5 Å². The van der Waals surface area contributed by atoms with Gasteiger partial charge in [-0.3, -0.25) is 4.79 Å². The largest absolute Gasteiger partial charge is 0.321 e. The van der Waals surface area contributed by atoms with E-state index in [4.69, 9.17) is 11.6 Å². The van der Waals surface area contributed by atoms with Gasteiger partial charge in [0, 0.05) is 6.07 Å². The fourth-order valence-electron chi connectivity index (χ4n) is 4.27. The molecule has 4 rings (SSSR count). The first-order valence-electron chi connectivity index (χ1n) is 9.92. The van der Waals surface area contributed by atoms with E-state index in [0.717, 1.165) is 55.7 Å². The summed E-state index contributed by atoms with van der Waals surface area (Å²) in [6.45, 7) is 5.83. The Hall–Kier alpha value is -1.41. The molecule has 6 nitrogen and oxygen atoms in total. The number of carbonyl (C=O) groups is 1. The number of nitrogens with zero attached hydrogens (tertiary/aromatic N) is 2. The van der Waals surface area contributed by atoms with E-state index in [0.29, 0.717) is 12.6 Å². The summed E-state index contributed by atoms with van der Waals surface area (Å²) in [5.41, 5.74) is 0. The lowest BCUT2D eigenvalue weighted by Gasteiger charge is -2.29. The number of carbonyl (C=O) groups excluding carboxylic acids is 1. The third-order valence-corrected chi connectivity index (χ3v) is 6.97. The van der Waals surface area contributed by atoms with Crippen molar-refractivity contribution >= 4 is 34.7 Å². The van der Waals surface area contributed by atoms with Gasteiger partial charge in [-0.2, -0.15) is 5.10 Å². The van der Waals surface area contributed by atoms with E-state index in [-0.39, 0.29) is 5.91 Å². The van der Waals surface area contributed by atoms with Crippen LogP contribution in [0.3, 0.4) is 0 Å². The molecule has 8 heteroatoms. The van der Waals surface area contributed by atoms with Crippen LogP contribution in [0.4, 0.5) is 5.82 Å². The molecule has 1 saturated heterocycles. The molecular formula is C19H28ClN5OS+2. The number of nitrogens with one attached hydrogen (secondary N) is 3. The van der Waals surface area contributed by atoms with Gasteiger partial charge in [-0.1, -0.05) is 24.4 Å². The number of amides is 1. The highest BCUT2D eigenvalue weighted by molar-refractivity contribution is 7.16. The zero-order valence-corrected chi connectivity index (χ0v) is 17.1. The van der Waals surface area contributed by atoms with Crippen molar-refractivity contribution in [3.05, 3.63) is 33.6 Å². The summed E-state index contributed by atoms with van der Waals surface area (Å²) in [5, 5.41) is 7.52. The molecule has 3 heterocycles. The normalized spacial score (nSPS) is 23.6. The van der Waals surface area contributed by atoms with Gasteiger partial charge in [0.05, 0.1) is 21.5 Å². The minimum atomic E-state index is 0.0956. The van der Waals surface area contributed by atoms with Crippen molar-refractivity contribution < 1.29 is 14.6 Å². The Labute approximate surface area is 169 Å². The number of quaternary nitrogens is 2. The van der Waals surface area contributed by atoms with Gasteiger partial charge in [0.25, 0.3) is 5.91 Å². The highest BCUT2D eigenvalue weighted by Gasteiger charge is 2.26. The van der Waals surface area contributed by atoms with E-state index in [1.54, 1.807) is 22.4 Å². The lowest BCUT2D eigenvalue weighted by Crippen LogP contribution is -3.28. The lowest BCUT2D eigenvalue weighted by atomic mass is 10.2. The maximum Gasteiger partial charge on any atom is 0.280 e. The summed E-state index contributed by atoms with van der Waals surface area (Å²) in [4.78, 5) is 16.8. The van der Waals surface area contributed by atoms with E-state index < -0.39 is 0 Å². The van der Waals surface area contributed by atoms with Gasteiger partial charge in [0.2, 0.25) is 0 Å². The Morgan fingerprint density at radius 1 is 1.19 bits per heavy atom. The number of rotatable bonds is 6. The van der Waals surface area contributed by atoms with Crippen LogP contribution in [-0.4, -0.2) is 48.4 Å².